The SMILES string of the molecule is CCOc1ccc(-c2nnc([C@H]3C[C@H](NC(=O)c4cc5sc(C)cc5[nH]4)C3)n2-c2ccccc2F)nc1. The molecule has 37 heavy (non-hydrogen) atoms. The number of aromatic amines is 1. The van der Waals surface area contributed by atoms with Gasteiger partial charge in [-0.1, -0.05) is 12.1 Å². The number of nitrogens with one attached hydrogen (secondary N) is 2. The lowest BCUT2D eigenvalue weighted by Gasteiger charge is -2.35. The van der Waals surface area contributed by atoms with Gasteiger partial charge in [-0.05, 0) is 63.1 Å². The van der Waals surface area contributed by atoms with Gasteiger partial charge in [0, 0.05) is 16.8 Å². The maximum Gasteiger partial charge on any atom is 0.267 e. The Morgan fingerprint density at radius 1 is 1.22 bits per heavy atom. The fourth-order valence-corrected chi connectivity index (χ4v) is 5.66. The summed E-state index contributed by atoms with van der Waals surface area (Å²) in [5.41, 5.74) is 2.47. The van der Waals surface area contributed by atoms with Crippen molar-refractivity contribution < 1.29 is 13.9 Å². The van der Waals surface area contributed by atoms with E-state index in [9.17, 15) is 9.18 Å². The zero-order valence-electron chi connectivity index (χ0n) is 20.4. The van der Waals surface area contributed by atoms with Gasteiger partial charge < -0.3 is 15.0 Å². The summed E-state index contributed by atoms with van der Waals surface area (Å²) in [5.74, 6) is 1.28. The zero-order chi connectivity index (χ0) is 25.5. The van der Waals surface area contributed by atoms with Crippen LogP contribution in [-0.4, -0.2) is 43.3 Å². The van der Waals surface area contributed by atoms with Crippen LogP contribution in [0, 0.1) is 12.7 Å². The van der Waals surface area contributed by atoms with Crippen molar-refractivity contribution in [3.05, 3.63) is 76.9 Å². The first-order chi connectivity index (χ1) is 18.0. The molecule has 10 heteroatoms. The summed E-state index contributed by atoms with van der Waals surface area (Å²) < 4.78 is 23.2. The monoisotopic (exact) mass is 516 g/mol. The van der Waals surface area contributed by atoms with E-state index in [2.05, 4.69) is 25.5 Å². The van der Waals surface area contributed by atoms with E-state index in [0.717, 1.165) is 10.2 Å². The van der Waals surface area contributed by atoms with Crippen molar-refractivity contribution in [1.82, 2.24) is 30.0 Å². The molecule has 4 heterocycles. The molecule has 0 unspecified atom stereocenters. The van der Waals surface area contributed by atoms with Gasteiger partial charge in [0.1, 0.15) is 28.8 Å². The number of carbonyl (C=O) groups is 1. The van der Waals surface area contributed by atoms with Crippen LogP contribution in [0.3, 0.4) is 0 Å². The first kappa shape index (κ1) is 23.4. The van der Waals surface area contributed by atoms with Crippen molar-refractivity contribution in [2.75, 3.05) is 6.61 Å². The van der Waals surface area contributed by atoms with Crippen LogP contribution in [-0.2, 0) is 0 Å². The third-order valence-electron chi connectivity index (χ3n) is 6.57. The van der Waals surface area contributed by atoms with E-state index < -0.39 is 0 Å². The van der Waals surface area contributed by atoms with Crippen molar-refractivity contribution in [2.24, 2.45) is 0 Å². The van der Waals surface area contributed by atoms with Crippen LogP contribution >= 0.6 is 11.3 Å². The Hall–Kier alpha value is -4.05. The molecule has 1 fully saturated rings. The molecule has 0 spiro atoms. The van der Waals surface area contributed by atoms with E-state index in [1.165, 1.54) is 10.9 Å². The average molecular weight is 517 g/mol. The minimum absolute atomic E-state index is 0.00149. The number of carbonyl (C=O) groups excluding carboxylic acids is 1. The number of halogens is 1. The van der Waals surface area contributed by atoms with Crippen LogP contribution in [0.25, 0.3) is 27.4 Å². The largest absolute Gasteiger partial charge is 0.492 e. The molecule has 1 saturated carbocycles. The molecule has 1 aliphatic carbocycles. The topological polar surface area (TPSA) is 97.7 Å². The molecule has 2 N–H and O–H groups in total. The molecule has 0 bridgehead atoms. The van der Waals surface area contributed by atoms with Crippen molar-refractivity contribution >= 4 is 27.5 Å². The van der Waals surface area contributed by atoms with Crippen LogP contribution in [0.1, 0.15) is 46.9 Å². The van der Waals surface area contributed by atoms with Crippen molar-refractivity contribution in [3.8, 4) is 23.0 Å². The number of para-hydroxylation sites is 1. The second-order valence-electron chi connectivity index (χ2n) is 9.14. The van der Waals surface area contributed by atoms with Crippen LogP contribution in [0.2, 0.25) is 0 Å². The van der Waals surface area contributed by atoms with E-state index in [0.29, 0.717) is 53.9 Å². The number of hydrogen-bond acceptors (Lipinski definition) is 6. The Labute approximate surface area is 216 Å². The van der Waals surface area contributed by atoms with E-state index in [4.69, 9.17) is 4.74 Å². The Balaban J connectivity index is 1.23. The summed E-state index contributed by atoms with van der Waals surface area (Å²) in [6, 6.07) is 14.1. The second kappa shape index (κ2) is 9.44. The highest BCUT2D eigenvalue weighted by Crippen LogP contribution is 2.39. The van der Waals surface area contributed by atoms with Gasteiger partial charge in [-0.25, -0.2) is 9.37 Å². The lowest BCUT2D eigenvalue weighted by molar-refractivity contribution is 0.0903. The molecule has 0 saturated heterocycles. The summed E-state index contributed by atoms with van der Waals surface area (Å²) in [4.78, 5) is 21.7. The fourth-order valence-electron chi connectivity index (χ4n) is 4.74. The number of ether oxygens (including phenoxy) is 1. The van der Waals surface area contributed by atoms with Gasteiger partial charge >= 0.3 is 0 Å². The third-order valence-corrected chi connectivity index (χ3v) is 7.57. The standard InChI is InChI=1S/C27H25FN6O2S/c1-3-36-18-8-9-20(29-14-18)26-33-32-25(34(26)23-7-5-4-6-19(23)28)16-11-17(12-16)30-27(35)22-13-24-21(31-22)10-15(2)37-24/h4-10,13-14,16-17,31H,3,11-12H2,1-2H3,(H,30,35)/t16-,17-. The van der Waals surface area contributed by atoms with E-state index >= 15 is 0 Å². The minimum Gasteiger partial charge on any atom is -0.492 e. The van der Waals surface area contributed by atoms with Gasteiger partial charge in [0.05, 0.1) is 28.7 Å². The van der Waals surface area contributed by atoms with E-state index in [1.54, 1.807) is 46.4 Å². The molecule has 4 aromatic heterocycles. The molecule has 8 nitrogen and oxygen atoms in total. The molecular weight excluding hydrogens is 491 g/mol. The Bertz CT molecular complexity index is 1550. The summed E-state index contributed by atoms with van der Waals surface area (Å²) in [5, 5.41) is 11.9. The highest BCUT2D eigenvalue weighted by Gasteiger charge is 2.36. The maximum atomic E-state index is 14.9. The zero-order valence-corrected chi connectivity index (χ0v) is 21.2. The first-order valence-electron chi connectivity index (χ1n) is 12.2. The Morgan fingerprint density at radius 2 is 2.05 bits per heavy atom. The van der Waals surface area contributed by atoms with Crippen molar-refractivity contribution in [3.63, 3.8) is 0 Å². The quantitative estimate of drug-likeness (QED) is 0.302. The summed E-state index contributed by atoms with van der Waals surface area (Å²) in [6.45, 7) is 4.49. The van der Waals surface area contributed by atoms with E-state index in [-0.39, 0.29) is 23.7 Å². The molecule has 188 valence electrons. The Kier molecular flexibility index (Phi) is 5.96. The number of hydrogen-bond donors (Lipinski definition) is 2. The number of rotatable bonds is 7. The van der Waals surface area contributed by atoms with Crippen LogP contribution in [0.15, 0.2) is 54.7 Å². The minimum atomic E-state index is -0.373. The number of fused-ring (bicyclic) bond motifs is 1. The van der Waals surface area contributed by atoms with Crippen LogP contribution < -0.4 is 10.1 Å². The predicted octanol–water partition coefficient (Wildman–Crippen LogP) is 5.39. The number of thiophene rings is 1. The van der Waals surface area contributed by atoms with Gasteiger partial charge in [-0.15, -0.1) is 21.5 Å². The third kappa shape index (κ3) is 4.37. The van der Waals surface area contributed by atoms with Gasteiger partial charge in [-0.3, -0.25) is 9.36 Å². The number of pyridine rings is 1. The molecule has 1 amide bonds. The molecular formula is C27H25FN6O2S. The predicted molar refractivity (Wildman–Crippen MR) is 140 cm³/mol. The molecule has 0 radical (unpaired) electrons. The number of aromatic nitrogens is 5. The number of amides is 1. The lowest BCUT2D eigenvalue weighted by Crippen LogP contribution is -2.44. The average Bonchev–Trinajstić information content (AvgIpc) is 3.55. The van der Waals surface area contributed by atoms with Crippen molar-refractivity contribution in [2.45, 2.75) is 38.6 Å². The van der Waals surface area contributed by atoms with Gasteiger partial charge in [0.15, 0.2) is 5.82 Å². The number of aryl methyl sites for hydroxylation is 1. The lowest BCUT2D eigenvalue weighted by atomic mass is 9.79. The van der Waals surface area contributed by atoms with Crippen LogP contribution in [0.5, 0.6) is 5.75 Å². The van der Waals surface area contributed by atoms with Crippen molar-refractivity contribution in [1.29, 1.82) is 0 Å². The summed E-state index contributed by atoms with van der Waals surface area (Å²) in [6.07, 6.45) is 2.99. The smallest absolute Gasteiger partial charge is 0.267 e. The van der Waals surface area contributed by atoms with Gasteiger partial charge in [0.2, 0.25) is 0 Å². The molecule has 0 atom stereocenters. The normalized spacial score (nSPS) is 17.1. The first-order valence-corrected chi connectivity index (χ1v) is 13.0. The number of benzene rings is 1. The highest BCUT2D eigenvalue weighted by atomic mass is 32.1. The summed E-state index contributed by atoms with van der Waals surface area (Å²) in [7, 11) is 0. The Morgan fingerprint density at radius 3 is 2.78 bits per heavy atom. The van der Waals surface area contributed by atoms with Gasteiger partial charge in [0.25, 0.3) is 5.91 Å². The summed E-state index contributed by atoms with van der Waals surface area (Å²) >= 11 is 1.66. The number of nitrogens with zero attached hydrogens (tertiary/aromatic N) is 4. The second-order valence-corrected chi connectivity index (χ2v) is 10.4. The van der Waals surface area contributed by atoms with Gasteiger partial charge in [-0.2, -0.15) is 0 Å². The molecule has 1 aromatic carbocycles. The fraction of sp³-hybridized carbons (Fsp3) is 0.259. The highest BCUT2D eigenvalue weighted by molar-refractivity contribution is 7.19. The molecule has 0 aliphatic heterocycles. The van der Waals surface area contributed by atoms with Crippen LogP contribution in [0.4, 0.5) is 4.39 Å². The van der Waals surface area contributed by atoms with E-state index in [1.807, 2.05) is 32.0 Å². The maximum absolute atomic E-state index is 14.9. The number of H-pyrrole nitrogens is 1. The molecule has 6 rings (SSSR count). The molecule has 5 aromatic rings. The molecule has 1 aliphatic rings.